The minimum atomic E-state index is -0.0961. The summed E-state index contributed by atoms with van der Waals surface area (Å²) in [7, 11) is 0. The lowest BCUT2D eigenvalue weighted by Crippen LogP contribution is -2.22. The highest BCUT2D eigenvalue weighted by atomic mass is 16.5. The van der Waals surface area contributed by atoms with Gasteiger partial charge in [0.25, 0.3) is 0 Å². The molecule has 0 aromatic heterocycles. The Balaban J connectivity index is 4.15. The van der Waals surface area contributed by atoms with Gasteiger partial charge in [-0.3, -0.25) is 4.79 Å². The number of esters is 1. The molecule has 2 heteroatoms. The van der Waals surface area contributed by atoms with Crippen LogP contribution < -0.4 is 0 Å². The van der Waals surface area contributed by atoms with Crippen LogP contribution in [0.5, 0.6) is 0 Å². The molecular weight excluding hydrogens is 224 g/mol. The molecule has 0 aromatic carbocycles. The summed E-state index contributed by atoms with van der Waals surface area (Å²) in [6.45, 7) is 12.4. The zero-order valence-electron chi connectivity index (χ0n) is 12.7. The Hall–Kier alpha value is -1.01. The molecule has 0 amide bonds. The van der Waals surface area contributed by atoms with E-state index in [0.717, 1.165) is 18.4 Å². The highest BCUT2D eigenvalue weighted by Gasteiger charge is 2.15. The number of rotatable bonds is 7. The van der Waals surface area contributed by atoms with E-state index in [1.54, 1.807) is 0 Å². The fraction of sp³-hybridized carbons (Fsp3) is 0.750. The summed E-state index contributed by atoms with van der Waals surface area (Å²) in [5.41, 5.74) is 4.32. The maximum Gasteiger partial charge on any atom is 0.306 e. The van der Waals surface area contributed by atoms with E-state index in [4.69, 9.17) is 4.74 Å². The van der Waals surface area contributed by atoms with Crippen LogP contribution in [0.2, 0.25) is 0 Å². The van der Waals surface area contributed by atoms with Crippen LogP contribution in [-0.2, 0) is 9.53 Å². The van der Waals surface area contributed by atoms with Gasteiger partial charge in [0.1, 0.15) is 6.10 Å². The van der Waals surface area contributed by atoms with E-state index < -0.39 is 0 Å². The predicted octanol–water partition coefficient (Wildman–Crippen LogP) is 4.50. The highest BCUT2D eigenvalue weighted by Crippen LogP contribution is 2.13. The van der Waals surface area contributed by atoms with Crippen LogP contribution >= 0.6 is 0 Å². The summed E-state index contributed by atoms with van der Waals surface area (Å²) in [6, 6.07) is 0. The van der Waals surface area contributed by atoms with Crippen molar-refractivity contribution in [2.75, 3.05) is 0 Å². The molecule has 0 aliphatic heterocycles. The van der Waals surface area contributed by atoms with Gasteiger partial charge in [0, 0.05) is 6.42 Å². The van der Waals surface area contributed by atoms with Gasteiger partial charge in [0.05, 0.1) is 0 Å². The molecule has 0 rings (SSSR count). The molecule has 0 radical (unpaired) electrons. The van der Waals surface area contributed by atoms with Gasteiger partial charge in [-0.15, -0.1) is 5.73 Å². The third kappa shape index (κ3) is 8.14. The molecule has 0 fully saturated rings. The topological polar surface area (TPSA) is 26.3 Å². The van der Waals surface area contributed by atoms with Crippen molar-refractivity contribution >= 4 is 5.97 Å². The average molecular weight is 252 g/mol. The maximum absolute atomic E-state index is 11.7. The molecule has 0 saturated carbocycles. The molecule has 0 N–H and O–H groups in total. The molecule has 0 aromatic rings. The fourth-order valence-electron chi connectivity index (χ4n) is 1.59. The van der Waals surface area contributed by atoms with Crippen LogP contribution in [0.4, 0.5) is 0 Å². The van der Waals surface area contributed by atoms with Crippen molar-refractivity contribution in [3.05, 3.63) is 17.4 Å². The average Bonchev–Trinajstić information content (AvgIpc) is 2.30. The third-order valence-electron chi connectivity index (χ3n) is 2.80. The van der Waals surface area contributed by atoms with Gasteiger partial charge in [-0.25, -0.2) is 0 Å². The second-order valence-corrected chi connectivity index (χ2v) is 5.52. The summed E-state index contributed by atoms with van der Waals surface area (Å²) < 4.78 is 5.45. The van der Waals surface area contributed by atoms with Crippen LogP contribution in [0, 0.1) is 11.8 Å². The first kappa shape index (κ1) is 17.0. The summed E-state index contributed by atoms with van der Waals surface area (Å²) >= 11 is 0. The lowest BCUT2D eigenvalue weighted by atomic mass is 10.1. The number of carbonyl (C=O) groups excluding carboxylic acids is 1. The van der Waals surface area contributed by atoms with Crippen LogP contribution in [0.1, 0.15) is 60.8 Å². The Bertz CT molecular complexity index is 307. The molecule has 104 valence electrons. The summed E-state index contributed by atoms with van der Waals surface area (Å²) in [4.78, 5) is 11.7. The van der Waals surface area contributed by atoms with Gasteiger partial charge in [-0.1, -0.05) is 34.6 Å². The molecule has 0 aliphatic carbocycles. The Morgan fingerprint density at radius 2 is 1.83 bits per heavy atom. The van der Waals surface area contributed by atoms with Crippen LogP contribution in [0.3, 0.4) is 0 Å². The highest BCUT2D eigenvalue weighted by molar-refractivity contribution is 5.69. The first-order chi connectivity index (χ1) is 8.36. The van der Waals surface area contributed by atoms with Crippen molar-refractivity contribution < 1.29 is 9.53 Å². The number of carbonyl (C=O) groups is 1. The van der Waals surface area contributed by atoms with Crippen LogP contribution in [0.25, 0.3) is 0 Å². The van der Waals surface area contributed by atoms with E-state index in [1.807, 2.05) is 13.0 Å². The van der Waals surface area contributed by atoms with E-state index in [0.29, 0.717) is 18.3 Å². The standard InChI is InChI=1S/C16H28O2/c1-7-15(13(4)5)18-16(17)11-10-14(6)9-8-12(2)3/h8,12-13,15H,7,10-11H2,1-6H3. The third-order valence-corrected chi connectivity index (χ3v) is 2.80. The minimum absolute atomic E-state index is 0.0491. The number of ether oxygens (including phenoxy) is 1. The summed E-state index contributed by atoms with van der Waals surface area (Å²) in [6.07, 6.45) is 4.15. The first-order valence-electron chi connectivity index (χ1n) is 6.98. The molecule has 1 unspecified atom stereocenters. The molecule has 0 heterocycles. The van der Waals surface area contributed by atoms with Gasteiger partial charge in [-0.2, -0.15) is 0 Å². The van der Waals surface area contributed by atoms with Gasteiger partial charge in [0.15, 0.2) is 0 Å². The van der Waals surface area contributed by atoms with Crippen molar-refractivity contribution in [3.63, 3.8) is 0 Å². The summed E-state index contributed by atoms with van der Waals surface area (Å²) in [5.74, 6) is 0.787. The maximum atomic E-state index is 11.7. The minimum Gasteiger partial charge on any atom is -0.462 e. The van der Waals surface area contributed by atoms with Crippen LogP contribution in [-0.4, -0.2) is 12.1 Å². The normalized spacial score (nSPS) is 12.2. The van der Waals surface area contributed by atoms with Crippen LogP contribution in [0.15, 0.2) is 17.4 Å². The van der Waals surface area contributed by atoms with Crippen molar-refractivity contribution in [2.45, 2.75) is 66.9 Å². The fourth-order valence-corrected chi connectivity index (χ4v) is 1.59. The monoisotopic (exact) mass is 252 g/mol. The molecule has 2 nitrogen and oxygen atoms in total. The predicted molar refractivity (Wildman–Crippen MR) is 76.4 cm³/mol. The first-order valence-corrected chi connectivity index (χ1v) is 6.98. The van der Waals surface area contributed by atoms with E-state index in [2.05, 4.69) is 40.3 Å². The molecule has 0 bridgehead atoms. The largest absolute Gasteiger partial charge is 0.462 e. The summed E-state index contributed by atoms with van der Waals surface area (Å²) in [5, 5.41) is 0. The van der Waals surface area contributed by atoms with E-state index in [1.165, 1.54) is 0 Å². The molecule has 18 heavy (non-hydrogen) atoms. The van der Waals surface area contributed by atoms with Gasteiger partial charge < -0.3 is 4.74 Å². The molecule has 0 saturated heterocycles. The van der Waals surface area contributed by atoms with Gasteiger partial charge >= 0.3 is 5.97 Å². The SMILES string of the molecule is CCC(OC(=O)CCC(C)=C=CC(C)C)C(C)C. The van der Waals surface area contributed by atoms with Crippen molar-refractivity contribution in [1.82, 2.24) is 0 Å². The second kappa shape index (κ2) is 8.99. The Labute approximate surface area is 112 Å². The Morgan fingerprint density at radius 1 is 1.22 bits per heavy atom. The molecular formula is C16H28O2. The van der Waals surface area contributed by atoms with Gasteiger partial charge in [-0.05, 0) is 43.3 Å². The zero-order chi connectivity index (χ0) is 14.1. The molecule has 1 atom stereocenters. The second-order valence-electron chi connectivity index (χ2n) is 5.52. The van der Waals surface area contributed by atoms with E-state index >= 15 is 0 Å². The lowest BCUT2D eigenvalue weighted by molar-refractivity contribution is -0.151. The van der Waals surface area contributed by atoms with E-state index in [-0.39, 0.29) is 12.1 Å². The molecule has 0 spiro atoms. The van der Waals surface area contributed by atoms with Crippen molar-refractivity contribution in [1.29, 1.82) is 0 Å². The van der Waals surface area contributed by atoms with Gasteiger partial charge in [0.2, 0.25) is 0 Å². The van der Waals surface area contributed by atoms with Crippen molar-refractivity contribution in [2.24, 2.45) is 11.8 Å². The number of allylic oxidation sites excluding steroid dienone is 1. The Morgan fingerprint density at radius 3 is 2.28 bits per heavy atom. The van der Waals surface area contributed by atoms with Crippen molar-refractivity contribution in [3.8, 4) is 0 Å². The molecule has 0 aliphatic rings. The zero-order valence-corrected chi connectivity index (χ0v) is 12.7. The Kier molecular flexibility index (Phi) is 8.49. The van der Waals surface area contributed by atoms with E-state index in [9.17, 15) is 4.79 Å². The number of hydrogen-bond donors (Lipinski definition) is 0. The number of hydrogen-bond acceptors (Lipinski definition) is 2. The smallest absolute Gasteiger partial charge is 0.306 e. The quantitative estimate of drug-likeness (QED) is 0.492. The lowest BCUT2D eigenvalue weighted by Gasteiger charge is -2.19.